The van der Waals surface area contributed by atoms with Crippen LogP contribution in [0.1, 0.15) is 59.5 Å². The molecule has 1 aromatic carbocycles. The Labute approximate surface area is 185 Å². The Balaban J connectivity index is 1.59. The number of fused-ring (bicyclic) bond motifs is 1. The Morgan fingerprint density at radius 3 is 2.68 bits per heavy atom. The third-order valence-corrected chi connectivity index (χ3v) is 7.58. The molecule has 4 rings (SSSR count). The van der Waals surface area contributed by atoms with Crippen LogP contribution < -0.4 is 10.2 Å². The van der Waals surface area contributed by atoms with Crippen LogP contribution in [-0.2, 0) is 12.8 Å². The average molecular weight is 439 g/mol. The summed E-state index contributed by atoms with van der Waals surface area (Å²) < 4.78 is 0. The first-order valence-electron chi connectivity index (χ1n) is 10.8. The highest BCUT2D eigenvalue weighted by Crippen LogP contribution is 2.39. The third-order valence-electron chi connectivity index (χ3n) is 6.41. The van der Waals surface area contributed by atoms with Gasteiger partial charge in [-0.1, -0.05) is 13.8 Å². The van der Waals surface area contributed by atoms with Crippen molar-refractivity contribution in [1.29, 1.82) is 5.26 Å². The Morgan fingerprint density at radius 1 is 1.26 bits per heavy atom. The minimum Gasteiger partial charge on any atom is -0.366 e. The summed E-state index contributed by atoms with van der Waals surface area (Å²) in [6.07, 6.45) is 4.80. The smallest absolute Gasteiger partial charge is 0.293 e. The van der Waals surface area contributed by atoms with Crippen molar-refractivity contribution in [3.05, 3.63) is 49.9 Å². The summed E-state index contributed by atoms with van der Waals surface area (Å²) in [7, 11) is 0. The average Bonchev–Trinajstić information content (AvgIpc) is 3.09. The van der Waals surface area contributed by atoms with Gasteiger partial charge in [0.2, 0.25) is 0 Å². The maximum atomic E-state index is 12.9. The second kappa shape index (κ2) is 8.67. The zero-order chi connectivity index (χ0) is 22.1. The molecule has 0 unspecified atom stereocenters. The number of amides is 1. The molecular weight excluding hydrogens is 412 g/mol. The van der Waals surface area contributed by atoms with Crippen LogP contribution in [0.4, 0.5) is 16.4 Å². The number of thiophene rings is 1. The number of piperidine rings is 1. The van der Waals surface area contributed by atoms with Crippen LogP contribution in [0.2, 0.25) is 0 Å². The molecule has 31 heavy (non-hydrogen) atoms. The number of carbonyl (C=O) groups is 1. The van der Waals surface area contributed by atoms with Gasteiger partial charge in [-0.25, -0.2) is 0 Å². The first-order chi connectivity index (χ1) is 14.9. The lowest BCUT2D eigenvalue weighted by atomic mass is 9.88. The van der Waals surface area contributed by atoms with Crippen LogP contribution in [0.15, 0.2) is 18.2 Å². The number of nitro benzene ring substituents is 1. The molecule has 1 amide bonds. The SMILES string of the molecule is CC1CCN(c2ccc(C(=O)Nc3sc4c(c3C#N)CC[C@@H](C)C4)cc2[N+](=O)[O-])CC1. The lowest BCUT2D eigenvalue weighted by Crippen LogP contribution is -2.33. The van der Waals surface area contributed by atoms with Crippen LogP contribution in [0.25, 0.3) is 0 Å². The first-order valence-corrected chi connectivity index (χ1v) is 11.6. The number of anilines is 2. The van der Waals surface area contributed by atoms with Crippen molar-refractivity contribution < 1.29 is 9.72 Å². The molecule has 2 aromatic rings. The van der Waals surface area contributed by atoms with E-state index in [1.54, 1.807) is 12.1 Å². The van der Waals surface area contributed by atoms with E-state index in [1.165, 1.54) is 17.4 Å². The van der Waals surface area contributed by atoms with Crippen LogP contribution in [0, 0.1) is 33.3 Å². The lowest BCUT2D eigenvalue weighted by Gasteiger charge is -2.31. The van der Waals surface area contributed by atoms with Gasteiger partial charge in [0.05, 0.1) is 10.5 Å². The minimum atomic E-state index is -0.426. The van der Waals surface area contributed by atoms with Crippen LogP contribution in [0.3, 0.4) is 0 Å². The highest BCUT2D eigenvalue weighted by molar-refractivity contribution is 7.16. The van der Waals surface area contributed by atoms with E-state index in [4.69, 9.17) is 0 Å². The molecule has 0 radical (unpaired) electrons. The number of hydrogen-bond acceptors (Lipinski definition) is 6. The summed E-state index contributed by atoms with van der Waals surface area (Å²) in [5, 5.41) is 24.8. The van der Waals surface area contributed by atoms with E-state index in [0.29, 0.717) is 28.1 Å². The Morgan fingerprint density at radius 2 is 2.00 bits per heavy atom. The molecule has 2 aliphatic rings. The number of rotatable bonds is 4. The number of hydrogen-bond donors (Lipinski definition) is 1. The number of carbonyl (C=O) groups excluding carboxylic acids is 1. The van der Waals surface area contributed by atoms with E-state index < -0.39 is 10.8 Å². The predicted molar refractivity (Wildman–Crippen MR) is 122 cm³/mol. The number of nitrogens with one attached hydrogen (secondary N) is 1. The molecule has 1 aromatic heterocycles. The summed E-state index contributed by atoms with van der Waals surface area (Å²) in [6, 6.07) is 6.91. The van der Waals surface area contributed by atoms with Gasteiger partial charge < -0.3 is 10.2 Å². The fraction of sp³-hybridized carbons (Fsp3) is 0.478. The summed E-state index contributed by atoms with van der Waals surface area (Å²) >= 11 is 1.45. The zero-order valence-corrected chi connectivity index (χ0v) is 18.6. The van der Waals surface area contributed by atoms with E-state index in [-0.39, 0.29) is 11.3 Å². The zero-order valence-electron chi connectivity index (χ0n) is 17.8. The maximum Gasteiger partial charge on any atom is 0.293 e. The van der Waals surface area contributed by atoms with Gasteiger partial charge in [0.15, 0.2) is 0 Å². The summed E-state index contributed by atoms with van der Waals surface area (Å²) in [5.74, 6) is 0.758. The maximum absolute atomic E-state index is 12.9. The number of nitrogens with zero attached hydrogens (tertiary/aromatic N) is 3. The normalized spacial score (nSPS) is 18.9. The van der Waals surface area contributed by atoms with Crippen molar-refractivity contribution in [3.63, 3.8) is 0 Å². The number of benzene rings is 1. The third kappa shape index (κ3) is 4.28. The number of nitro groups is 1. The van der Waals surface area contributed by atoms with Crippen molar-refractivity contribution in [3.8, 4) is 6.07 Å². The van der Waals surface area contributed by atoms with Crippen LogP contribution in [-0.4, -0.2) is 23.9 Å². The summed E-state index contributed by atoms with van der Waals surface area (Å²) in [4.78, 5) is 27.4. The first kappa shape index (κ1) is 21.3. The summed E-state index contributed by atoms with van der Waals surface area (Å²) in [6.45, 7) is 5.94. The van der Waals surface area contributed by atoms with Gasteiger partial charge in [-0.15, -0.1) is 11.3 Å². The second-order valence-corrected chi connectivity index (χ2v) is 9.86. The standard InChI is InChI=1S/C23H26N4O3S/c1-14-7-9-26(10-8-14)19-6-4-16(12-20(19)27(29)30)22(28)25-23-18(13-24)17-5-3-15(2)11-21(17)31-23/h4,6,12,14-15H,3,5,7-11H2,1-2H3,(H,25,28)/t15-/m1/s1. The van der Waals surface area contributed by atoms with Gasteiger partial charge in [0.25, 0.3) is 11.6 Å². The molecule has 0 spiro atoms. The molecule has 8 heteroatoms. The molecule has 1 atom stereocenters. The van der Waals surface area contributed by atoms with E-state index in [9.17, 15) is 20.2 Å². The fourth-order valence-corrected chi connectivity index (χ4v) is 5.82. The number of nitriles is 1. The second-order valence-electron chi connectivity index (χ2n) is 8.75. The quantitative estimate of drug-likeness (QED) is 0.526. The van der Waals surface area contributed by atoms with E-state index in [1.807, 2.05) is 4.90 Å². The minimum absolute atomic E-state index is 0.0537. The van der Waals surface area contributed by atoms with Crippen molar-refractivity contribution in [1.82, 2.24) is 0 Å². The molecule has 1 saturated heterocycles. The van der Waals surface area contributed by atoms with Gasteiger partial charge in [0, 0.05) is 29.6 Å². The van der Waals surface area contributed by atoms with Gasteiger partial charge in [-0.05, 0) is 61.6 Å². The van der Waals surface area contributed by atoms with Gasteiger partial charge in [-0.2, -0.15) is 5.26 Å². The molecule has 1 N–H and O–H groups in total. The highest BCUT2D eigenvalue weighted by atomic mass is 32.1. The van der Waals surface area contributed by atoms with Gasteiger partial charge in [-0.3, -0.25) is 14.9 Å². The lowest BCUT2D eigenvalue weighted by molar-refractivity contribution is -0.384. The van der Waals surface area contributed by atoms with E-state index >= 15 is 0 Å². The van der Waals surface area contributed by atoms with E-state index in [2.05, 4.69) is 25.2 Å². The van der Waals surface area contributed by atoms with Crippen molar-refractivity contribution in [2.45, 2.75) is 46.0 Å². The van der Waals surface area contributed by atoms with Crippen LogP contribution in [0.5, 0.6) is 0 Å². The Kier molecular flexibility index (Phi) is 5.96. The van der Waals surface area contributed by atoms with Crippen molar-refractivity contribution in [2.24, 2.45) is 11.8 Å². The summed E-state index contributed by atoms with van der Waals surface area (Å²) in [5.41, 5.74) is 2.31. The molecule has 0 saturated carbocycles. The predicted octanol–water partition coefficient (Wildman–Crippen LogP) is 5.14. The Hall–Kier alpha value is -2.92. The molecule has 1 fully saturated rings. The van der Waals surface area contributed by atoms with Crippen LogP contribution >= 0.6 is 11.3 Å². The molecule has 0 bridgehead atoms. The molecule has 7 nitrogen and oxygen atoms in total. The molecular formula is C23H26N4O3S. The van der Waals surface area contributed by atoms with Crippen molar-refractivity contribution >= 4 is 33.6 Å². The largest absolute Gasteiger partial charge is 0.366 e. The monoisotopic (exact) mass is 438 g/mol. The fourth-order valence-electron chi connectivity index (χ4n) is 4.46. The Bertz CT molecular complexity index is 1060. The molecule has 162 valence electrons. The molecule has 1 aliphatic carbocycles. The van der Waals surface area contributed by atoms with Crippen molar-refractivity contribution in [2.75, 3.05) is 23.3 Å². The van der Waals surface area contributed by atoms with Gasteiger partial charge in [0.1, 0.15) is 16.8 Å². The van der Waals surface area contributed by atoms with Gasteiger partial charge >= 0.3 is 0 Å². The molecule has 2 heterocycles. The molecule has 1 aliphatic heterocycles. The van der Waals surface area contributed by atoms with E-state index in [0.717, 1.165) is 55.6 Å². The topological polar surface area (TPSA) is 99.3 Å². The highest BCUT2D eigenvalue weighted by Gasteiger charge is 2.27.